The second-order valence-corrected chi connectivity index (χ2v) is 8.41. The number of halogens is 1. The van der Waals surface area contributed by atoms with Crippen LogP contribution >= 0.6 is 11.6 Å². The van der Waals surface area contributed by atoms with E-state index in [1.807, 2.05) is 55.5 Å². The number of anilines is 2. The molecule has 0 saturated carbocycles. The van der Waals surface area contributed by atoms with E-state index >= 15 is 0 Å². The Morgan fingerprint density at radius 2 is 1.76 bits per heavy atom. The Morgan fingerprint density at radius 1 is 1.06 bits per heavy atom. The molecule has 3 aromatic carbocycles. The molecule has 0 aliphatic carbocycles. The van der Waals surface area contributed by atoms with Crippen molar-refractivity contribution in [2.24, 2.45) is 4.99 Å². The zero-order valence-electron chi connectivity index (χ0n) is 18.8. The Morgan fingerprint density at radius 3 is 2.33 bits per heavy atom. The molecule has 0 spiro atoms. The molecule has 2 aliphatic heterocycles. The number of rotatable bonds is 3. The van der Waals surface area contributed by atoms with Crippen molar-refractivity contribution < 1.29 is 4.79 Å². The van der Waals surface area contributed by atoms with Gasteiger partial charge >= 0.3 is 0 Å². The summed E-state index contributed by atoms with van der Waals surface area (Å²) in [6.45, 7) is 8.85. The lowest BCUT2D eigenvalue weighted by molar-refractivity contribution is -0.110. The molecule has 1 amide bonds. The van der Waals surface area contributed by atoms with Gasteiger partial charge in [0.25, 0.3) is 5.91 Å². The molecule has 0 saturated heterocycles. The van der Waals surface area contributed by atoms with Crippen LogP contribution in [0.4, 0.5) is 11.4 Å². The fraction of sp³-hybridized carbons (Fsp3) is 0.143. The maximum Gasteiger partial charge on any atom is 0.255 e. The molecule has 0 fully saturated rings. The molecule has 0 aromatic heterocycles. The van der Waals surface area contributed by atoms with Gasteiger partial charge in [-0.05, 0) is 48.2 Å². The number of carbonyl (C=O) groups is 1. The fourth-order valence-corrected chi connectivity index (χ4v) is 4.22. The van der Waals surface area contributed by atoms with Gasteiger partial charge in [-0.3, -0.25) is 9.79 Å². The van der Waals surface area contributed by atoms with Crippen molar-refractivity contribution >= 4 is 40.2 Å². The fourth-order valence-electron chi connectivity index (χ4n) is 3.94. The van der Waals surface area contributed by atoms with Crippen molar-refractivity contribution in [2.75, 3.05) is 17.6 Å². The van der Waals surface area contributed by atoms with Gasteiger partial charge in [-0.25, -0.2) is 0 Å². The van der Waals surface area contributed by atoms with Gasteiger partial charge < -0.3 is 11.1 Å². The van der Waals surface area contributed by atoms with E-state index in [9.17, 15) is 4.79 Å². The SMILES string of the molecule is C=C1C(=O)Nc2cc(Cl)c(-c3ccc(-c4cccc(CC)c4N)cc3)cc21.CC1=NCC=C1. The zero-order valence-corrected chi connectivity index (χ0v) is 19.5. The smallest absolute Gasteiger partial charge is 0.255 e. The molecule has 5 rings (SSSR count). The van der Waals surface area contributed by atoms with Crippen LogP contribution in [0.15, 0.2) is 78.3 Å². The highest BCUT2D eigenvalue weighted by Crippen LogP contribution is 2.39. The first kappa shape index (κ1) is 22.6. The van der Waals surface area contributed by atoms with Crippen molar-refractivity contribution in [2.45, 2.75) is 20.3 Å². The Labute approximate surface area is 199 Å². The van der Waals surface area contributed by atoms with Gasteiger partial charge in [-0.1, -0.05) is 73.6 Å². The van der Waals surface area contributed by atoms with Crippen LogP contribution in [-0.2, 0) is 11.2 Å². The van der Waals surface area contributed by atoms with E-state index in [-0.39, 0.29) is 5.91 Å². The number of nitrogens with zero attached hydrogens (tertiary/aromatic N) is 1. The van der Waals surface area contributed by atoms with E-state index in [1.54, 1.807) is 6.07 Å². The summed E-state index contributed by atoms with van der Waals surface area (Å²) in [7, 11) is 0. The Balaban J connectivity index is 0.000000376. The average Bonchev–Trinajstić information content (AvgIpc) is 3.40. The molecule has 0 unspecified atom stereocenters. The quantitative estimate of drug-likeness (QED) is 0.336. The van der Waals surface area contributed by atoms with Crippen LogP contribution in [0.3, 0.4) is 0 Å². The Hall–Kier alpha value is -3.63. The molecule has 2 heterocycles. The van der Waals surface area contributed by atoms with Gasteiger partial charge in [-0.15, -0.1) is 0 Å². The molecule has 0 atom stereocenters. The van der Waals surface area contributed by atoms with Gasteiger partial charge in [0, 0.05) is 33.7 Å². The maximum absolute atomic E-state index is 11.8. The van der Waals surface area contributed by atoms with E-state index in [0.29, 0.717) is 16.3 Å². The van der Waals surface area contributed by atoms with Crippen molar-refractivity contribution in [3.63, 3.8) is 0 Å². The number of aryl methyl sites for hydroxylation is 1. The van der Waals surface area contributed by atoms with E-state index in [2.05, 4.69) is 36.0 Å². The minimum atomic E-state index is -0.181. The molecule has 5 heteroatoms. The first-order valence-corrected chi connectivity index (χ1v) is 11.3. The third kappa shape index (κ3) is 4.62. The first-order valence-electron chi connectivity index (χ1n) is 10.9. The van der Waals surface area contributed by atoms with Gasteiger partial charge in [-0.2, -0.15) is 0 Å². The largest absolute Gasteiger partial charge is 0.398 e. The van der Waals surface area contributed by atoms with Crippen LogP contribution in [-0.4, -0.2) is 18.2 Å². The number of amides is 1. The molecule has 33 heavy (non-hydrogen) atoms. The number of allylic oxidation sites excluding steroid dienone is 1. The Bertz CT molecular complexity index is 1300. The number of nitrogen functional groups attached to an aromatic ring is 1. The number of hydrogen-bond acceptors (Lipinski definition) is 3. The third-order valence-electron chi connectivity index (χ3n) is 5.84. The van der Waals surface area contributed by atoms with Crippen LogP contribution in [0.1, 0.15) is 25.0 Å². The topological polar surface area (TPSA) is 67.5 Å². The van der Waals surface area contributed by atoms with Gasteiger partial charge in [0.15, 0.2) is 0 Å². The van der Waals surface area contributed by atoms with Crippen LogP contribution in [0.2, 0.25) is 5.02 Å². The van der Waals surface area contributed by atoms with E-state index in [1.165, 1.54) is 0 Å². The van der Waals surface area contributed by atoms with Crippen molar-refractivity contribution in [3.05, 3.63) is 89.5 Å². The number of aliphatic imine (C=N–C) groups is 1. The summed E-state index contributed by atoms with van der Waals surface area (Å²) >= 11 is 6.46. The van der Waals surface area contributed by atoms with Gasteiger partial charge in [0.2, 0.25) is 0 Å². The zero-order chi connectivity index (χ0) is 23.5. The molecular weight excluding hydrogens is 430 g/mol. The predicted octanol–water partition coefficient (Wildman–Crippen LogP) is 6.80. The monoisotopic (exact) mass is 455 g/mol. The summed E-state index contributed by atoms with van der Waals surface area (Å²) < 4.78 is 0. The lowest BCUT2D eigenvalue weighted by atomic mass is 9.95. The number of carbonyl (C=O) groups excluding carboxylic acids is 1. The highest BCUT2D eigenvalue weighted by molar-refractivity contribution is 6.36. The second-order valence-electron chi connectivity index (χ2n) is 8.00. The number of nitrogens with one attached hydrogen (secondary N) is 1. The number of hydrogen-bond donors (Lipinski definition) is 2. The summed E-state index contributed by atoms with van der Waals surface area (Å²) in [5, 5.41) is 3.36. The number of nitrogens with two attached hydrogens (primary N) is 1. The van der Waals surface area contributed by atoms with E-state index < -0.39 is 0 Å². The summed E-state index contributed by atoms with van der Waals surface area (Å²) in [6.07, 6.45) is 4.98. The molecular formula is C28H26ClN3O. The predicted molar refractivity (Wildman–Crippen MR) is 141 cm³/mol. The average molecular weight is 456 g/mol. The normalized spacial score (nSPS) is 13.8. The highest BCUT2D eigenvalue weighted by atomic mass is 35.5. The highest BCUT2D eigenvalue weighted by Gasteiger charge is 2.24. The van der Waals surface area contributed by atoms with Crippen LogP contribution in [0.5, 0.6) is 0 Å². The molecule has 4 nitrogen and oxygen atoms in total. The summed E-state index contributed by atoms with van der Waals surface area (Å²) in [5.41, 5.74) is 15.3. The van der Waals surface area contributed by atoms with Crippen molar-refractivity contribution in [1.82, 2.24) is 0 Å². The summed E-state index contributed by atoms with van der Waals surface area (Å²) in [5.74, 6) is -0.181. The minimum Gasteiger partial charge on any atom is -0.398 e. The van der Waals surface area contributed by atoms with Crippen LogP contribution < -0.4 is 11.1 Å². The number of fused-ring (bicyclic) bond motifs is 1. The molecule has 166 valence electrons. The standard InChI is InChI=1S/C23H19ClN2O.C5H7N/c1-3-14-5-4-6-17(22(14)25)15-7-9-16(10-8-15)19-11-18-13(2)23(27)26-21(18)12-20(19)24;1-5-3-2-4-6-5/h4-12H,2-3,25H2,1H3,(H,26,27);2-3H,4H2,1H3. The Kier molecular flexibility index (Phi) is 6.47. The molecule has 3 N–H and O–H groups in total. The van der Waals surface area contributed by atoms with Crippen molar-refractivity contribution in [3.8, 4) is 22.3 Å². The van der Waals surface area contributed by atoms with Crippen molar-refractivity contribution in [1.29, 1.82) is 0 Å². The first-order chi connectivity index (χ1) is 15.9. The minimum absolute atomic E-state index is 0.181. The van der Waals surface area contributed by atoms with E-state index in [0.717, 1.165) is 57.7 Å². The summed E-state index contributed by atoms with van der Waals surface area (Å²) in [4.78, 5) is 15.9. The van der Waals surface area contributed by atoms with E-state index in [4.69, 9.17) is 17.3 Å². The molecule has 2 aliphatic rings. The molecule has 0 bridgehead atoms. The maximum atomic E-state index is 11.8. The third-order valence-corrected chi connectivity index (χ3v) is 6.16. The van der Waals surface area contributed by atoms with Crippen LogP contribution in [0, 0.1) is 0 Å². The van der Waals surface area contributed by atoms with Crippen LogP contribution in [0.25, 0.3) is 27.8 Å². The molecule has 0 radical (unpaired) electrons. The second kappa shape index (κ2) is 9.47. The number of para-hydroxylation sites is 1. The van der Waals surface area contributed by atoms with Gasteiger partial charge in [0.1, 0.15) is 0 Å². The summed E-state index contributed by atoms with van der Waals surface area (Å²) in [6, 6.07) is 17.9. The molecule has 3 aromatic rings. The lowest BCUT2D eigenvalue weighted by Crippen LogP contribution is -2.02. The lowest BCUT2D eigenvalue weighted by Gasteiger charge is -2.12. The van der Waals surface area contributed by atoms with Gasteiger partial charge in [0.05, 0.1) is 17.3 Å². The number of benzene rings is 3.